The first-order valence-corrected chi connectivity index (χ1v) is 12.6. The zero-order valence-electron chi connectivity index (χ0n) is 21.3. The van der Waals surface area contributed by atoms with Gasteiger partial charge in [0.25, 0.3) is 0 Å². The van der Waals surface area contributed by atoms with Gasteiger partial charge < -0.3 is 9.67 Å². The van der Waals surface area contributed by atoms with E-state index in [2.05, 4.69) is 28.1 Å². The van der Waals surface area contributed by atoms with Crippen molar-refractivity contribution in [3.63, 3.8) is 0 Å². The topological polar surface area (TPSA) is 114 Å². The lowest BCUT2D eigenvalue weighted by atomic mass is 9.93. The first-order valence-electron chi connectivity index (χ1n) is 12.6. The van der Waals surface area contributed by atoms with Gasteiger partial charge in [-0.3, -0.25) is 9.51 Å². The molecule has 0 spiro atoms. The molecule has 0 fully saturated rings. The van der Waals surface area contributed by atoms with Gasteiger partial charge in [0.2, 0.25) is 0 Å². The summed E-state index contributed by atoms with van der Waals surface area (Å²) in [5, 5.41) is 13.8. The number of carboxylic acids is 1. The van der Waals surface area contributed by atoms with Gasteiger partial charge in [-0.25, -0.2) is 14.6 Å². The summed E-state index contributed by atoms with van der Waals surface area (Å²) in [6.07, 6.45) is 2.15. The molecule has 0 saturated carbocycles. The molecule has 38 heavy (non-hydrogen) atoms. The molecule has 2 N–H and O–H groups in total. The number of aromatic amines is 1. The van der Waals surface area contributed by atoms with Crippen LogP contribution >= 0.6 is 0 Å². The third-order valence-corrected chi connectivity index (χ3v) is 6.56. The van der Waals surface area contributed by atoms with Crippen molar-refractivity contribution in [2.24, 2.45) is 0 Å². The summed E-state index contributed by atoms with van der Waals surface area (Å²) in [5.41, 5.74) is 6.48. The molecule has 0 aliphatic carbocycles. The van der Waals surface area contributed by atoms with Crippen LogP contribution < -0.4 is 5.76 Å². The van der Waals surface area contributed by atoms with Gasteiger partial charge in [-0.15, -0.1) is 0 Å². The number of aryl methyl sites for hydroxylation is 2. The van der Waals surface area contributed by atoms with E-state index in [0.717, 1.165) is 45.6 Å². The maximum atomic E-state index is 12.1. The van der Waals surface area contributed by atoms with Crippen molar-refractivity contribution in [1.82, 2.24) is 19.7 Å². The van der Waals surface area contributed by atoms with Crippen molar-refractivity contribution in [2.45, 2.75) is 39.7 Å². The van der Waals surface area contributed by atoms with Gasteiger partial charge in [0.15, 0.2) is 11.5 Å². The highest BCUT2D eigenvalue weighted by Crippen LogP contribution is 2.34. The number of aromatic carboxylic acids is 1. The van der Waals surface area contributed by atoms with E-state index < -0.39 is 11.7 Å². The second kappa shape index (κ2) is 10.7. The highest BCUT2D eigenvalue weighted by molar-refractivity contribution is 5.87. The molecule has 5 aromatic rings. The monoisotopic (exact) mass is 508 g/mol. The number of nitrogens with zero attached hydrogens (tertiary/aromatic N) is 3. The number of H-pyrrole nitrogens is 1. The minimum atomic E-state index is -0.961. The zero-order chi connectivity index (χ0) is 26.6. The molecule has 0 aliphatic heterocycles. The Morgan fingerprint density at radius 1 is 0.947 bits per heavy atom. The van der Waals surface area contributed by atoms with Gasteiger partial charge in [-0.05, 0) is 52.8 Å². The van der Waals surface area contributed by atoms with E-state index in [4.69, 9.17) is 4.52 Å². The van der Waals surface area contributed by atoms with Crippen molar-refractivity contribution in [2.75, 3.05) is 0 Å². The molecule has 0 bridgehead atoms. The fraction of sp³-hybridized carbons (Fsp3) is 0.200. The molecule has 0 amide bonds. The van der Waals surface area contributed by atoms with Crippen molar-refractivity contribution in [3.05, 3.63) is 106 Å². The van der Waals surface area contributed by atoms with Gasteiger partial charge in [-0.2, -0.15) is 0 Å². The third kappa shape index (κ3) is 4.93. The lowest BCUT2D eigenvalue weighted by Gasteiger charge is -2.13. The van der Waals surface area contributed by atoms with E-state index in [0.29, 0.717) is 30.9 Å². The number of aromatic nitrogens is 4. The van der Waals surface area contributed by atoms with E-state index in [1.165, 1.54) is 0 Å². The Bertz CT molecular complexity index is 1630. The van der Waals surface area contributed by atoms with E-state index in [9.17, 15) is 14.7 Å². The van der Waals surface area contributed by atoms with Crippen molar-refractivity contribution >= 4 is 5.97 Å². The number of hydrogen-bond donors (Lipinski definition) is 2. The quantitative estimate of drug-likeness (QED) is 0.259. The number of hydrogen-bond acceptors (Lipinski definition) is 5. The smallest absolute Gasteiger partial charge is 0.439 e. The standard InChI is InChI=1S/C30H28N4O4/c1-3-8-26-31-25(4-2)27(29(35)36)34(26)18-19-11-13-21(14-12-19)24-17-22(20-9-6-5-7-10-20)15-16-23(24)28-32-30(37)38-33-28/h5-7,9-17H,3-4,8,18H2,1-2H3,(H,35,36)(H,32,33,37). The average molecular weight is 509 g/mol. The van der Waals surface area contributed by atoms with Crippen molar-refractivity contribution in [1.29, 1.82) is 0 Å². The summed E-state index contributed by atoms with van der Waals surface area (Å²) in [6.45, 7) is 4.40. The van der Waals surface area contributed by atoms with Gasteiger partial charge in [0, 0.05) is 18.5 Å². The Hall–Kier alpha value is -4.72. The van der Waals surface area contributed by atoms with Gasteiger partial charge in [-0.1, -0.05) is 79.7 Å². The summed E-state index contributed by atoms with van der Waals surface area (Å²) < 4.78 is 6.59. The Kier molecular flexibility index (Phi) is 7.04. The number of nitrogens with one attached hydrogen (secondary N) is 1. The molecule has 0 radical (unpaired) electrons. The van der Waals surface area contributed by atoms with E-state index in [1.54, 1.807) is 0 Å². The lowest BCUT2D eigenvalue weighted by Crippen LogP contribution is -2.13. The van der Waals surface area contributed by atoms with Crippen LogP contribution in [-0.2, 0) is 19.4 Å². The van der Waals surface area contributed by atoms with Crippen LogP contribution in [0.1, 0.15) is 47.8 Å². The Balaban J connectivity index is 1.55. The van der Waals surface area contributed by atoms with Crippen molar-refractivity contribution in [3.8, 4) is 33.6 Å². The summed E-state index contributed by atoms with van der Waals surface area (Å²) in [5.74, 6) is -0.428. The maximum Gasteiger partial charge on any atom is 0.439 e. The summed E-state index contributed by atoms with van der Waals surface area (Å²) in [4.78, 5) is 31.0. The van der Waals surface area contributed by atoms with Crippen LogP contribution in [0.25, 0.3) is 33.6 Å². The normalized spacial score (nSPS) is 11.1. The molecule has 8 heteroatoms. The minimum Gasteiger partial charge on any atom is -0.477 e. The van der Waals surface area contributed by atoms with Crippen LogP contribution in [0, 0.1) is 0 Å². The SMILES string of the molecule is CCCc1nc(CC)c(C(=O)O)n1Cc1ccc(-c2cc(-c3ccccc3)ccc2-c2noc(=O)[nH]2)cc1. The molecule has 192 valence electrons. The molecule has 2 aromatic heterocycles. The second-order valence-corrected chi connectivity index (χ2v) is 9.09. The first-order chi connectivity index (χ1) is 18.5. The van der Waals surface area contributed by atoms with Gasteiger partial charge in [0.05, 0.1) is 5.69 Å². The molecule has 0 aliphatic rings. The molecular weight excluding hydrogens is 480 g/mol. The fourth-order valence-corrected chi connectivity index (χ4v) is 4.74. The van der Waals surface area contributed by atoms with Crippen LogP contribution in [0.4, 0.5) is 0 Å². The summed E-state index contributed by atoms with van der Waals surface area (Å²) in [7, 11) is 0. The van der Waals surface area contributed by atoms with Crippen LogP contribution in [-0.4, -0.2) is 30.8 Å². The predicted octanol–water partition coefficient (Wildman–Crippen LogP) is 5.82. The molecule has 8 nitrogen and oxygen atoms in total. The molecule has 5 rings (SSSR count). The van der Waals surface area contributed by atoms with Crippen LogP contribution in [0.15, 0.2) is 82.1 Å². The van der Waals surface area contributed by atoms with Gasteiger partial charge >= 0.3 is 11.7 Å². The summed E-state index contributed by atoms with van der Waals surface area (Å²) >= 11 is 0. The Morgan fingerprint density at radius 2 is 1.68 bits per heavy atom. The van der Waals surface area contributed by atoms with Crippen LogP contribution in [0.2, 0.25) is 0 Å². The molecule has 0 saturated heterocycles. The molecule has 3 aromatic carbocycles. The van der Waals surface area contributed by atoms with E-state index in [-0.39, 0.29) is 5.69 Å². The highest BCUT2D eigenvalue weighted by Gasteiger charge is 2.21. The second-order valence-electron chi connectivity index (χ2n) is 9.09. The first kappa shape index (κ1) is 25.0. The molecule has 2 heterocycles. The largest absolute Gasteiger partial charge is 0.477 e. The number of imidazole rings is 1. The predicted molar refractivity (Wildman–Crippen MR) is 145 cm³/mol. The number of carboxylic acid groups (broad SMARTS) is 1. The lowest BCUT2D eigenvalue weighted by molar-refractivity contribution is 0.0684. The molecule has 0 unspecified atom stereocenters. The van der Waals surface area contributed by atoms with E-state index >= 15 is 0 Å². The fourth-order valence-electron chi connectivity index (χ4n) is 4.74. The van der Waals surface area contributed by atoms with Crippen molar-refractivity contribution < 1.29 is 14.4 Å². The van der Waals surface area contributed by atoms with Crippen LogP contribution in [0.3, 0.4) is 0 Å². The summed E-state index contributed by atoms with van der Waals surface area (Å²) in [6, 6.07) is 24.0. The zero-order valence-corrected chi connectivity index (χ0v) is 21.3. The number of carbonyl (C=O) groups is 1. The Morgan fingerprint density at radius 3 is 2.32 bits per heavy atom. The molecule has 0 atom stereocenters. The minimum absolute atomic E-state index is 0.257. The number of rotatable bonds is 9. The number of benzene rings is 3. The van der Waals surface area contributed by atoms with Crippen LogP contribution in [0.5, 0.6) is 0 Å². The Labute approximate surface area is 219 Å². The molecular formula is C30H28N4O4. The third-order valence-electron chi connectivity index (χ3n) is 6.56. The maximum absolute atomic E-state index is 12.1. The highest BCUT2D eigenvalue weighted by atomic mass is 16.5. The average Bonchev–Trinajstić information content (AvgIpc) is 3.53. The van der Waals surface area contributed by atoms with Gasteiger partial charge in [0.1, 0.15) is 5.82 Å². The van der Waals surface area contributed by atoms with E-state index in [1.807, 2.05) is 78.2 Å².